The van der Waals surface area contributed by atoms with Gasteiger partial charge in [-0.1, -0.05) is 11.6 Å². The second-order valence-corrected chi connectivity index (χ2v) is 5.34. The summed E-state index contributed by atoms with van der Waals surface area (Å²) in [6, 6.07) is 7.85. The largest absolute Gasteiger partial charge is 0.478 e. The van der Waals surface area contributed by atoms with Crippen molar-refractivity contribution in [2.24, 2.45) is 0 Å². The van der Waals surface area contributed by atoms with E-state index in [-0.39, 0.29) is 26.3 Å². The molecule has 0 aliphatic heterocycles. The summed E-state index contributed by atoms with van der Waals surface area (Å²) in [6.45, 7) is 0. The molecular weight excluding hydrogens is 365 g/mol. The maximum absolute atomic E-state index is 13.4. The Labute approximate surface area is 132 Å². The fourth-order valence-electron chi connectivity index (χ4n) is 1.58. The zero-order valence-electron chi connectivity index (χ0n) is 10.4. The van der Waals surface area contributed by atoms with Crippen molar-refractivity contribution in [3.8, 4) is 0 Å². The Morgan fingerprint density at radius 3 is 2.38 bits per heavy atom. The lowest BCUT2D eigenvalue weighted by atomic mass is 10.1. The Hall–Kier alpha value is -1.92. The summed E-state index contributed by atoms with van der Waals surface area (Å²) in [7, 11) is 0. The first-order valence-corrected chi connectivity index (χ1v) is 6.85. The molecule has 0 bridgehead atoms. The van der Waals surface area contributed by atoms with Crippen LogP contribution in [0.4, 0.5) is 10.1 Å². The van der Waals surface area contributed by atoms with Crippen LogP contribution in [0.25, 0.3) is 0 Å². The average Bonchev–Trinajstić information content (AvgIpc) is 2.43. The van der Waals surface area contributed by atoms with Gasteiger partial charge in [-0.05, 0) is 52.3 Å². The monoisotopic (exact) mass is 371 g/mol. The summed E-state index contributed by atoms with van der Waals surface area (Å²) in [6.07, 6.45) is 0. The van der Waals surface area contributed by atoms with Crippen LogP contribution in [0, 0.1) is 5.82 Å². The number of aromatic carboxylic acids is 1. The van der Waals surface area contributed by atoms with E-state index >= 15 is 0 Å². The van der Waals surface area contributed by atoms with Gasteiger partial charge in [0.1, 0.15) is 5.82 Å². The van der Waals surface area contributed by atoms with Crippen molar-refractivity contribution in [1.29, 1.82) is 0 Å². The van der Waals surface area contributed by atoms with Crippen LogP contribution < -0.4 is 5.32 Å². The molecule has 0 aromatic heterocycles. The van der Waals surface area contributed by atoms with Crippen LogP contribution in [0.15, 0.2) is 40.9 Å². The third-order valence-electron chi connectivity index (χ3n) is 2.65. The number of nitrogens with one attached hydrogen (secondary N) is 1. The number of anilines is 1. The highest BCUT2D eigenvalue weighted by molar-refractivity contribution is 9.10. The quantitative estimate of drug-likeness (QED) is 0.849. The van der Waals surface area contributed by atoms with E-state index in [1.54, 1.807) is 0 Å². The summed E-state index contributed by atoms with van der Waals surface area (Å²) >= 11 is 8.90. The molecule has 0 unspecified atom stereocenters. The van der Waals surface area contributed by atoms with Crippen molar-refractivity contribution >= 4 is 45.1 Å². The first-order chi connectivity index (χ1) is 9.88. The molecule has 2 aromatic carbocycles. The van der Waals surface area contributed by atoms with Gasteiger partial charge < -0.3 is 10.4 Å². The topological polar surface area (TPSA) is 66.4 Å². The molecule has 108 valence electrons. The van der Waals surface area contributed by atoms with E-state index < -0.39 is 17.7 Å². The molecule has 7 heteroatoms. The lowest BCUT2D eigenvalue weighted by Gasteiger charge is -2.08. The molecule has 0 fully saturated rings. The van der Waals surface area contributed by atoms with Crippen molar-refractivity contribution in [2.75, 3.05) is 5.32 Å². The minimum absolute atomic E-state index is 0.00712. The van der Waals surface area contributed by atoms with Crippen molar-refractivity contribution < 1.29 is 19.1 Å². The molecule has 0 saturated heterocycles. The molecule has 0 spiro atoms. The molecule has 0 aliphatic rings. The lowest BCUT2D eigenvalue weighted by molar-refractivity contribution is 0.0696. The van der Waals surface area contributed by atoms with Crippen LogP contribution >= 0.6 is 27.5 Å². The van der Waals surface area contributed by atoms with Gasteiger partial charge in [0.25, 0.3) is 5.91 Å². The van der Waals surface area contributed by atoms with Gasteiger partial charge in [-0.2, -0.15) is 0 Å². The molecule has 0 aliphatic carbocycles. The Morgan fingerprint density at radius 1 is 1.14 bits per heavy atom. The molecule has 2 N–H and O–H groups in total. The first-order valence-electron chi connectivity index (χ1n) is 5.67. The molecular formula is C14H8BrClFNO3. The Bertz CT molecular complexity index is 736. The van der Waals surface area contributed by atoms with Crippen LogP contribution in [0.5, 0.6) is 0 Å². The number of amides is 1. The zero-order valence-corrected chi connectivity index (χ0v) is 12.7. The van der Waals surface area contributed by atoms with Gasteiger partial charge in [-0.3, -0.25) is 4.79 Å². The molecule has 0 radical (unpaired) electrons. The third kappa shape index (κ3) is 3.59. The Morgan fingerprint density at radius 2 is 1.81 bits per heavy atom. The van der Waals surface area contributed by atoms with Gasteiger partial charge in [-0.25, -0.2) is 9.18 Å². The second kappa shape index (κ2) is 6.24. The van der Waals surface area contributed by atoms with Gasteiger partial charge in [0.15, 0.2) is 0 Å². The molecule has 0 heterocycles. The third-order valence-corrected chi connectivity index (χ3v) is 3.60. The maximum atomic E-state index is 13.4. The van der Waals surface area contributed by atoms with Gasteiger partial charge >= 0.3 is 5.97 Å². The summed E-state index contributed by atoms with van der Waals surface area (Å²) in [4.78, 5) is 22.8. The normalized spacial score (nSPS) is 10.2. The van der Waals surface area contributed by atoms with Gasteiger partial charge in [-0.15, -0.1) is 0 Å². The summed E-state index contributed by atoms with van der Waals surface area (Å²) in [5, 5.41) is 11.4. The van der Waals surface area contributed by atoms with E-state index in [2.05, 4.69) is 21.2 Å². The minimum Gasteiger partial charge on any atom is -0.478 e. The standard InChI is InChI=1S/C14H8BrClFNO3/c15-9-3-1-7(6-11(9)17)13(19)18-12-4-2-8(14(20)21)5-10(12)16/h1-6H,(H,18,19)(H,20,21). The van der Waals surface area contributed by atoms with Crippen molar-refractivity contribution in [3.63, 3.8) is 0 Å². The van der Waals surface area contributed by atoms with E-state index in [4.69, 9.17) is 16.7 Å². The Kier molecular flexibility index (Phi) is 4.59. The molecule has 2 aromatic rings. The van der Waals surface area contributed by atoms with Crippen molar-refractivity contribution in [2.45, 2.75) is 0 Å². The number of carboxylic acid groups (broad SMARTS) is 1. The van der Waals surface area contributed by atoms with Crippen molar-refractivity contribution in [3.05, 3.63) is 62.8 Å². The van der Waals surface area contributed by atoms with Crippen LogP contribution in [-0.4, -0.2) is 17.0 Å². The fourth-order valence-corrected chi connectivity index (χ4v) is 2.06. The second-order valence-electron chi connectivity index (χ2n) is 4.08. The number of carbonyl (C=O) groups excluding carboxylic acids is 1. The van der Waals surface area contributed by atoms with Crippen LogP contribution in [-0.2, 0) is 0 Å². The highest BCUT2D eigenvalue weighted by Gasteiger charge is 2.12. The van der Waals surface area contributed by atoms with Crippen LogP contribution in [0.1, 0.15) is 20.7 Å². The van der Waals surface area contributed by atoms with E-state index in [1.165, 1.54) is 30.3 Å². The highest BCUT2D eigenvalue weighted by Crippen LogP contribution is 2.24. The number of carbonyl (C=O) groups is 2. The number of benzene rings is 2. The minimum atomic E-state index is -1.12. The van der Waals surface area contributed by atoms with E-state index in [0.717, 1.165) is 6.07 Å². The van der Waals surface area contributed by atoms with Crippen LogP contribution in [0.2, 0.25) is 5.02 Å². The van der Waals surface area contributed by atoms with Gasteiger partial charge in [0.2, 0.25) is 0 Å². The first kappa shape index (κ1) is 15.5. The molecule has 0 saturated carbocycles. The van der Waals surface area contributed by atoms with Crippen LogP contribution in [0.3, 0.4) is 0 Å². The molecule has 21 heavy (non-hydrogen) atoms. The highest BCUT2D eigenvalue weighted by atomic mass is 79.9. The van der Waals surface area contributed by atoms with Gasteiger partial charge in [0.05, 0.1) is 20.7 Å². The summed E-state index contributed by atoms with van der Waals surface area (Å²) < 4.78 is 13.6. The van der Waals surface area contributed by atoms with E-state index in [9.17, 15) is 14.0 Å². The van der Waals surface area contributed by atoms with Gasteiger partial charge in [0, 0.05) is 5.56 Å². The predicted molar refractivity (Wildman–Crippen MR) is 80.5 cm³/mol. The molecule has 2 rings (SSSR count). The number of hydrogen-bond donors (Lipinski definition) is 2. The predicted octanol–water partition coefficient (Wildman–Crippen LogP) is 4.19. The fraction of sp³-hybridized carbons (Fsp3) is 0. The number of halogens is 3. The summed E-state index contributed by atoms with van der Waals surface area (Å²) in [5.74, 6) is -2.23. The smallest absolute Gasteiger partial charge is 0.335 e. The summed E-state index contributed by atoms with van der Waals surface area (Å²) in [5.41, 5.74) is 0.372. The molecule has 0 atom stereocenters. The molecule has 4 nitrogen and oxygen atoms in total. The average molecular weight is 373 g/mol. The lowest BCUT2D eigenvalue weighted by Crippen LogP contribution is -2.12. The molecule has 1 amide bonds. The zero-order chi connectivity index (χ0) is 15.6. The van der Waals surface area contributed by atoms with E-state index in [0.29, 0.717) is 0 Å². The van der Waals surface area contributed by atoms with E-state index in [1.807, 2.05) is 0 Å². The maximum Gasteiger partial charge on any atom is 0.335 e. The van der Waals surface area contributed by atoms with Crippen molar-refractivity contribution in [1.82, 2.24) is 0 Å². The Balaban J connectivity index is 2.23. The SMILES string of the molecule is O=C(O)c1ccc(NC(=O)c2ccc(Br)c(F)c2)c(Cl)c1. The number of carboxylic acids is 1. The number of rotatable bonds is 3. The number of hydrogen-bond acceptors (Lipinski definition) is 2.